The number of amides is 1. The quantitative estimate of drug-likeness (QED) is 0.783. The Bertz CT molecular complexity index is 385. The number of carbonyl (C=O) groups excluding carboxylic acids is 1. The molecule has 0 atom stereocenters. The lowest BCUT2D eigenvalue weighted by molar-refractivity contribution is -0.130. The smallest absolute Gasteiger partial charge is 0.242 e. The van der Waals surface area contributed by atoms with Crippen molar-refractivity contribution < 1.29 is 4.79 Å². The highest BCUT2D eigenvalue weighted by atomic mass is 16.2. The highest BCUT2D eigenvalue weighted by molar-refractivity contribution is 5.75. The van der Waals surface area contributed by atoms with Crippen LogP contribution in [-0.4, -0.2) is 40.5 Å². The molecule has 0 bridgehead atoms. The van der Waals surface area contributed by atoms with E-state index in [0.29, 0.717) is 6.54 Å². The molecule has 1 amide bonds. The zero-order chi connectivity index (χ0) is 11.5. The van der Waals surface area contributed by atoms with Gasteiger partial charge in [-0.1, -0.05) is 0 Å². The van der Waals surface area contributed by atoms with E-state index in [4.69, 9.17) is 0 Å². The van der Waals surface area contributed by atoms with Crippen LogP contribution in [0.2, 0.25) is 0 Å². The number of fused-ring (bicyclic) bond motifs is 1. The van der Waals surface area contributed by atoms with Gasteiger partial charge in [0, 0.05) is 38.8 Å². The number of aromatic nitrogens is 2. The number of hydrogen-bond donors (Lipinski definition) is 1. The molecule has 1 aliphatic heterocycles. The molecule has 0 unspecified atom stereocenters. The Morgan fingerprint density at radius 2 is 2.50 bits per heavy atom. The summed E-state index contributed by atoms with van der Waals surface area (Å²) in [5, 5.41) is 3.27. The van der Waals surface area contributed by atoms with Gasteiger partial charge in [0.2, 0.25) is 5.91 Å². The van der Waals surface area contributed by atoms with Crippen LogP contribution in [0, 0.1) is 0 Å². The van der Waals surface area contributed by atoms with E-state index < -0.39 is 0 Å². The second-order valence-corrected chi connectivity index (χ2v) is 4.10. The fourth-order valence-corrected chi connectivity index (χ4v) is 1.88. The van der Waals surface area contributed by atoms with Gasteiger partial charge in [-0.25, -0.2) is 4.98 Å². The molecule has 2 heterocycles. The molecule has 0 aliphatic carbocycles. The van der Waals surface area contributed by atoms with Crippen molar-refractivity contribution in [3.63, 3.8) is 0 Å². The Morgan fingerprint density at radius 1 is 1.69 bits per heavy atom. The van der Waals surface area contributed by atoms with Crippen LogP contribution >= 0.6 is 0 Å². The lowest BCUT2D eigenvalue weighted by Gasteiger charge is -2.18. The summed E-state index contributed by atoms with van der Waals surface area (Å²) in [7, 11) is 1.83. The summed E-state index contributed by atoms with van der Waals surface area (Å²) in [6.07, 6.45) is 2.73. The number of nitrogens with one attached hydrogen (secondary N) is 1. The van der Waals surface area contributed by atoms with Gasteiger partial charge in [0.25, 0.3) is 0 Å². The largest absolute Gasteiger partial charge is 0.344 e. The maximum atomic E-state index is 11.8. The fourth-order valence-electron chi connectivity index (χ4n) is 1.88. The van der Waals surface area contributed by atoms with Crippen LogP contribution in [0.1, 0.15) is 18.3 Å². The second kappa shape index (κ2) is 4.65. The number of hydrogen-bond acceptors (Lipinski definition) is 3. The van der Waals surface area contributed by atoms with Gasteiger partial charge < -0.3 is 14.8 Å². The van der Waals surface area contributed by atoms with Crippen molar-refractivity contribution in [3.05, 3.63) is 17.7 Å². The van der Waals surface area contributed by atoms with E-state index >= 15 is 0 Å². The van der Waals surface area contributed by atoms with Crippen molar-refractivity contribution in [1.29, 1.82) is 0 Å². The molecule has 1 aromatic heterocycles. The van der Waals surface area contributed by atoms with E-state index in [9.17, 15) is 4.79 Å². The number of imidazole rings is 1. The van der Waals surface area contributed by atoms with Crippen LogP contribution in [0.3, 0.4) is 0 Å². The number of rotatable bonds is 3. The van der Waals surface area contributed by atoms with E-state index in [1.165, 1.54) is 5.69 Å². The molecule has 0 saturated heterocycles. The molecule has 1 N–H and O–H groups in total. The molecule has 0 saturated carbocycles. The van der Waals surface area contributed by atoms with E-state index in [1.54, 1.807) is 11.2 Å². The highest BCUT2D eigenvalue weighted by Gasteiger charge is 2.17. The Kier molecular flexibility index (Phi) is 3.24. The lowest BCUT2D eigenvalue weighted by atomic mass is 10.2. The van der Waals surface area contributed by atoms with Crippen molar-refractivity contribution >= 4 is 5.91 Å². The summed E-state index contributed by atoms with van der Waals surface area (Å²) in [4.78, 5) is 17.8. The SMILES string of the molecule is CCN(C)C(=O)Cn1cnc2c1CCNC2. The molecular formula is C11H18N4O. The van der Waals surface area contributed by atoms with Gasteiger partial charge in [0.15, 0.2) is 0 Å². The third-order valence-electron chi connectivity index (χ3n) is 3.07. The number of likely N-dealkylation sites (N-methyl/N-ethyl adjacent to an activating group) is 1. The monoisotopic (exact) mass is 222 g/mol. The average Bonchev–Trinajstić information content (AvgIpc) is 2.72. The van der Waals surface area contributed by atoms with Gasteiger partial charge in [-0.15, -0.1) is 0 Å². The molecule has 2 rings (SSSR count). The molecular weight excluding hydrogens is 204 g/mol. The fraction of sp³-hybridized carbons (Fsp3) is 0.636. The molecule has 0 aromatic carbocycles. The van der Waals surface area contributed by atoms with Gasteiger partial charge in [-0.2, -0.15) is 0 Å². The third kappa shape index (κ3) is 2.09. The standard InChI is InChI=1S/C11H18N4O/c1-3-14(2)11(16)7-15-8-13-9-6-12-5-4-10(9)15/h8,12H,3-7H2,1-2H3. The van der Waals surface area contributed by atoms with Crippen LogP contribution < -0.4 is 5.32 Å². The van der Waals surface area contributed by atoms with E-state index in [0.717, 1.165) is 31.7 Å². The van der Waals surface area contributed by atoms with Gasteiger partial charge in [-0.05, 0) is 6.92 Å². The van der Waals surface area contributed by atoms with Gasteiger partial charge in [0.05, 0.1) is 12.0 Å². The molecule has 1 aliphatic rings. The maximum Gasteiger partial charge on any atom is 0.242 e. The Morgan fingerprint density at radius 3 is 3.25 bits per heavy atom. The van der Waals surface area contributed by atoms with Crippen molar-refractivity contribution in [1.82, 2.24) is 19.8 Å². The minimum atomic E-state index is 0.140. The van der Waals surface area contributed by atoms with Crippen molar-refractivity contribution in [2.45, 2.75) is 26.4 Å². The summed E-state index contributed by atoms with van der Waals surface area (Å²) >= 11 is 0. The van der Waals surface area contributed by atoms with Crippen molar-refractivity contribution in [2.75, 3.05) is 20.1 Å². The molecule has 5 nitrogen and oxygen atoms in total. The summed E-state index contributed by atoms with van der Waals surface area (Å²) < 4.78 is 1.98. The Balaban J connectivity index is 2.10. The Hall–Kier alpha value is -1.36. The second-order valence-electron chi connectivity index (χ2n) is 4.10. The normalized spacial score (nSPS) is 14.6. The zero-order valence-corrected chi connectivity index (χ0v) is 9.86. The van der Waals surface area contributed by atoms with Crippen LogP contribution in [0.15, 0.2) is 6.33 Å². The van der Waals surface area contributed by atoms with E-state index in [2.05, 4.69) is 10.3 Å². The number of nitrogens with zero attached hydrogens (tertiary/aromatic N) is 3. The Labute approximate surface area is 95.5 Å². The molecule has 88 valence electrons. The first-order valence-electron chi connectivity index (χ1n) is 5.70. The molecule has 5 heteroatoms. The van der Waals surface area contributed by atoms with Gasteiger partial charge in [0.1, 0.15) is 6.54 Å². The zero-order valence-electron chi connectivity index (χ0n) is 9.86. The minimum absolute atomic E-state index is 0.140. The molecule has 16 heavy (non-hydrogen) atoms. The van der Waals surface area contributed by atoms with Crippen LogP contribution in [0.4, 0.5) is 0 Å². The maximum absolute atomic E-state index is 11.8. The molecule has 0 radical (unpaired) electrons. The van der Waals surface area contributed by atoms with Crippen molar-refractivity contribution in [2.24, 2.45) is 0 Å². The van der Waals surface area contributed by atoms with Crippen LogP contribution in [-0.2, 0) is 24.3 Å². The predicted octanol–water partition coefficient (Wildman–Crippen LogP) is 0.00710. The van der Waals surface area contributed by atoms with E-state index in [1.807, 2.05) is 18.5 Å². The first kappa shape index (κ1) is 11.1. The number of carbonyl (C=O) groups is 1. The molecule has 1 aromatic rings. The van der Waals surface area contributed by atoms with Gasteiger partial charge >= 0.3 is 0 Å². The molecule has 0 fully saturated rings. The van der Waals surface area contributed by atoms with Crippen LogP contribution in [0.25, 0.3) is 0 Å². The minimum Gasteiger partial charge on any atom is -0.344 e. The topological polar surface area (TPSA) is 50.2 Å². The lowest BCUT2D eigenvalue weighted by Crippen LogP contribution is -2.31. The summed E-state index contributed by atoms with van der Waals surface area (Å²) in [6, 6.07) is 0. The highest BCUT2D eigenvalue weighted by Crippen LogP contribution is 2.12. The van der Waals surface area contributed by atoms with Crippen molar-refractivity contribution in [3.8, 4) is 0 Å². The predicted molar refractivity (Wildman–Crippen MR) is 60.9 cm³/mol. The summed E-state index contributed by atoms with van der Waals surface area (Å²) in [5.41, 5.74) is 2.29. The van der Waals surface area contributed by atoms with E-state index in [-0.39, 0.29) is 5.91 Å². The van der Waals surface area contributed by atoms with Crippen LogP contribution in [0.5, 0.6) is 0 Å². The third-order valence-corrected chi connectivity index (χ3v) is 3.07. The summed E-state index contributed by atoms with van der Waals surface area (Å²) in [5.74, 6) is 0.140. The first-order valence-corrected chi connectivity index (χ1v) is 5.70. The first-order chi connectivity index (χ1) is 7.72. The summed E-state index contributed by atoms with van der Waals surface area (Å²) in [6.45, 7) is 4.92. The van der Waals surface area contributed by atoms with Gasteiger partial charge in [-0.3, -0.25) is 4.79 Å². The average molecular weight is 222 g/mol. The molecule has 0 spiro atoms.